The third-order valence-corrected chi connectivity index (χ3v) is 8.48. The molecule has 2 aliphatic rings. The van der Waals surface area contributed by atoms with Gasteiger partial charge in [0.2, 0.25) is 15.9 Å². The monoisotopic (exact) mass is 498 g/mol. The number of hydrazone groups is 1. The Bertz CT molecular complexity index is 1190. The van der Waals surface area contributed by atoms with Crippen molar-refractivity contribution >= 4 is 27.5 Å². The van der Waals surface area contributed by atoms with E-state index in [1.54, 1.807) is 36.2 Å². The standard InChI is InChI=1S/C25H34N6O3S/c1-31(20-8-2-3-9-20)25(32)21(16-17-11-13-19(14-12-17)24(26)29-27)30-35(33,34)22-10-4-6-18-7-5-15-28-23(18)22/h4,6,10-14,20-21,28,30H,2-3,5,7-9,15-16,27H2,1H3,(H2,26,29)/t21-/m0/s1. The molecule has 1 aliphatic heterocycles. The molecule has 0 spiro atoms. The van der Waals surface area contributed by atoms with Crippen molar-refractivity contribution in [3.63, 3.8) is 0 Å². The van der Waals surface area contributed by atoms with Crippen molar-refractivity contribution < 1.29 is 13.2 Å². The molecule has 4 rings (SSSR count). The number of carbonyl (C=O) groups is 1. The van der Waals surface area contributed by atoms with Gasteiger partial charge in [0.15, 0.2) is 0 Å². The third-order valence-electron chi connectivity index (χ3n) is 6.97. The number of aryl methyl sites for hydroxylation is 1. The van der Waals surface area contributed by atoms with Gasteiger partial charge in [-0.2, -0.15) is 9.82 Å². The second-order valence-electron chi connectivity index (χ2n) is 9.30. The number of nitrogens with one attached hydrogen (secondary N) is 2. The van der Waals surface area contributed by atoms with Crippen LogP contribution in [0.4, 0.5) is 5.69 Å². The molecule has 188 valence electrons. The van der Waals surface area contributed by atoms with Gasteiger partial charge in [0, 0.05) is 25.2 Å². The smallest absolute Gasteiger partial charge is 0.243 e. The molecule has 0 aromatic heterocycles. The van der Waals surface area contributed by atoms with E-state index in [1.807, 2.05) is 18.2 Å². The largest absolute Gasteiger partial charge is 0.384 e. The van der Waals surface area contributed by atoms with Crippen LogP contribution in [0.1, 0.15) is 48.8 Å². The molecule has 9 nitrogen and oxygen atoms in total. The Morgan fingerprint density at radius 3 is 2.57 bits per heavy atom. The number of benzene rings is 2. The van der Waals surface area contributed by atoms with E-state index in [0.717, 1.165) is 49.7 Å². The van der Waals surface area contributed by atoms with E-state index >= 15 is 0 Å². The van der Waals surface area contributed by atoms with Gasteiger partial charge >= 0.3 is 0 Å². The Morgan fingerprint density at radius 1 is 1.17 bits per heavy atom. The lowest BCUT2D eigenvalue weighted by Gasteiger charge is -2.30. The molecule has 0 unspecified atom stereocenters. The summed E-state index contributed by atoms with van der Waals surface area (Å²) in [5, 5.41) is 6.73. The maximum Gasteiger partial charge on any atom is 0.243 e. The third kappa shape index (κ3) is 5.59. The summed E-state index contributed by atoms with van der Waals surface area (Å²) in [7, 11) is -2.19. The van der Waals surface area contributed by atoms with Crippen molar-refractivity contribution in [3.05, 3.63) is 59.2 Å². The Morgan fingerprint density at radius 2 is 1.89 bits per heavy atom. The molecular formula is C25H34N6O3S. The Balaban J connectivity index is 1.63. The minimum Gasteiger partial charge on any atom is -0.384 e. The summed E-state index contributed by atoms with van der Waals surface area (Å²) in [5.74, 6) is 5.23. The first-order valence-electron chi connectivity index (χ1n) is 12.1. The zero-order valence-electron chi connectivity index (χ0n) is 20.0. The number of amides is 1. The first kappa shape index (κ1) is 25.0. The molecule has 1 fully saturated rings. The van der Waals surface area contributed by atoms with Crippen LogP contribution in [0.15, 0.2) is 52.5 Å². The molecule has 0 bridgehead atoms. The molecule has 0 saturated heterocycles. The molecule has 1 amide bonds. The average molecular weight is 499 g/mol. The van der Waals surface area contributed by atoms with E-state index in [-0.39, 0.29) is 29.1 Å². The summed E-state index contributed by atoms with van der Waals surface area (Å²) >= 11 is 0. The number of anilines is 1. The first-order chi connectivity index (χ1) is 16.8. The van der Waals surface area contributed by atoms with Gasteiger partial charge in [-0.25, -0.2) is 8.42 Å². The molecule has 1 heterocycles. The Hall–Kier alpha value is -3.11. The molecular weight excluding hydrogens is 464 g/mol. The van der Waals surface area contributed by atoms with Gasteiger partial charge in [0.1, 0.15) is 16.8 Å². The van der Waals surface area contributed by atoms with Crippen LogP contribution in [-0.4, -0.2) is 50.7 Å². The molecule has 0 radical (unpaired) electrons. The minimum absolute atomic E-state index is 0.128. The van der Waals surface area contributed by atoms with Crippen molar-refractivity contribution in [2.45, 2.75) is 61.9 Å². The van der Waals surface area contributed by atoms with Gasteiger partial charge in [0.25, 0.3) is 0 Å². The van der Waals surface area contributed by atoms with Gasteiger partial charge in [-0.15, -0.1) is 0 Å². The number of likely N-dealkylation sites (N-methyl/N-ethyl adjacent to an activating group) is 1. The highest BCUT2D eigenvalue weighted by molar-refractivity contribution is 7.89. The topological polar surface area (TPSA) is 143 Å². The molecule has 10 heteroatoms. The highest BCUT2D eigenvalue weighted by Gasteiger charge is 2.33. The second-order valence-corrected chi connectivity index (χ2v) is 11.0. The van der Waals surface area contributed by atoms with Crippen molar-refractivity contribution in [3.8, 4) is 0 Å². The number of hydrogen-bond acceptors (Lipinski definition) is 6. The van der Waals surface area contributed by atoms with Gasteiger partial charge in [-0.05, 0) is 49.3 Å². The molecule has 1 atom stereocenters. The summed E-state index contributed by atoms with van der Waals surface area (Å²) in [6.07, 6.45) is 6.00. The summed E-state index contributed by atoms with van der Waals surface area (Å²) in [5.41, 5.74) is 8.83. The van der Waals surface area contributed by atoms with Crippen LogP contribution < -0.4 is 21.6 Å². The zero-order valence-corrected chi connectivity index (χ0v) is 20.9. The van der Waals surface area contributed by atoms with Crippen molar-refractivity contribution in [2.75, 3.05) is 18.9 Å². The van der Waals surface area contributed by atoms with E-state index in [2.05, 4.69) is 15.1 Å². The SMILES string of the molecule is CN(C(=O)[C@H](Cc1ccc(C(N)=NN)cc1)NS(=O)(=O)c1cccc2c1NCCC2)C1CCCC1. The maximum absolute atomic E-state index is 13.6. The maximum atomic E-state index is 13.6. The fourth-order valence-corrected chi connectivity index (χ4v) is 6.39. The molecule has 6 N–H and O–H groups in total. The number of nitrogens with zero attached hydrogens (tertiary/aromatic N) is 2. The van der Waals surface area contributed by atoms with Gasteiger partial charge in [-0.3, -0.25) is 4.79 Å². The summed E-state index contributed by atoms with van der Waals surface area (Å²) in [4.78, 5) is 15.5. The Labute approximate surface area is 207 Å². The van der Waals surface area contributed by atoms with Crippen molar-refractivity contribution in [1.82, 2.24) is 9.62 Å². The predicted molar refractivity (Wildman–Crippen MR) is 137 cm³/mol. The van der Waals surface area contributed by atoms with Crippen LogP contribution >= 0.6 is 0 Å². The lowest BCUT2D eigenvalue weighted by Crippen LogP contribution is -2.50. The first-order valence-corrected chi connectivity index (χ1v) is 13.6. The lowest BCUT2D eigenvalue weighted by molar-refractivity contribution is -0.133. The fourth-order valence-electron chi connectivity index (χ4n) is 4.97. The van der Waals surface area contributed by atoms with E-state index in [0.29, 0.717) is 17.8 Å². The Kier molecular flexibility index (Phi) is 7.61. The van der Waals surface area contributed by atoms with Crippen LogP contribution in [0, 0.1) is 0 Å². The van der Waals surface area contributed by atoms with Crippen molar-refractivity contribution in [1.29, 1.82) is 0 Å². The summed E-state index contributed by atoms with van der Waals surface area (Å²) in [6, 6.07) is 11.6. The summed E-state index contributed by atoms with van der Waals surface area (Å²) in [6.45, 7) is 0.716. The molecule has 35 heavy (non-hydrogen) atoms. The zero-order chi connectivity index (χ0) is 25.0. The lowest BCUT2D eigenvalue weighted by atomic mass is 10.0. The number of nitrogens with two attached hydrogens (primary N) is 2. The van der Waals surface area contributed by atoms with Gasteiger partial charge in [0.05, 0.1) is 5.69 Å². The minimum atomic E-state index is -3.96. The number of carbonyl (C=O) groups excluding carboxylic acids is 1. The second kappa shape index (κ2) is 10.7. The van der Waals surface area contributed by atoms with Gasteiger partial charge in [-0.1, -0.05) is 49.2 Å². The fraction of sp³-hybridized carbons (Fsp3) is 0.440. The number of fused-ring (bicyclic) bond motifs is 1. The van der Waals surface area contributed by atoms with Crippen LogP contribution in [-0.2, 0) is 27.7 Å². The van der Waals surface area contributed by atoms with E-state index in [1.165, 1.54) is 0 Å². The number of sulfonamides is 1. The van der Waals surface area contributed by atoms with Crippen molar-refractivity contribution in [2.24, 2.45) is 16.7 Å². The molecule has 1 saturated carbocycles. The molecule has 2 aromatic rings. The highest BCUT2D eigenvalue weighted by Crippen LogP contribution is 2.30. The van der Waals surface area contributed by atoms with Crippen LogP contribution in [0.2, 0.25) is 0 Å². The average Bonchev–Trinajstić information content (AvgIpc) is 3.42. The van der Waals surface area contributed by atoms with Crippen LogP contribution in [0.25, 0.3) is 0 Å². The molecule has 1 aliphatic carbocycles. The van der Waals surface area contributed by atoms with Gasteiger partial charge < -0.3 is 21.8 Å². The summed E-state index contributed by atoms with van der Waals surface area (Å²) < 4.78 is 29.9. The number of rotatable bonds is 8. The normalized spacial score (nSPS) is 17.5. The predicted octanol–water partition coefficient (Wildman–Crippen LogP) is 1.91. The number of para-hydroxylation sites is 1. The van der Waals surface area contributed by atoms with Crippen LogP contribution in [0.5, 0.6) is 0 Å². The van der Waals surface area contributed by atoms with E-state index in [9.17, 15) is 13.2 Å². The quantitative estimate of drug-likeness (QED) is 0.189. The van der Waals surface area contributed by atoms with E-state index < -0.39 is 16.1 Å². The highest BCUT2D eigenvalue weighted by atomic mass is 32.2. The number of amidine groups is 1. The number of hydrogen-bond donors (Lipinski definition) is 4. The van der Waals surface area contributed by atoms with Crippen LogP contribution in [0.3, 0.4) is 0 Å². The van der Waals surface area contributed by atoms with E-state index in [4.69, 9.17) is 11.6 Å². The molecule has 2 aromatic carbocycles.